The molecule has 0 spiro atoms. The van der Waals surface area contributed by atoms with Crippen molar-refractivity contribution in [3.63, 3.8) is 0 Å². The minimum absolute atomic E-state index is 0.0252. The van der Waals surface area contributed by atoms with Crippen molar-refractivity contribution >= 4 is 29.2 Å². The van der Waals surface area contributed by atoms with Crippen LogP contribution in [0.5, 0.6) is 0 Å². The molecule has 1 heterocycles. The van der Waals surface area contributed by atoms with Gasteiger partial charge in [-0.05, 0) is 0 Å². The normalized spacial score (nSPS) is 13.4. The summed E-state index contributed by atoms with van der Waals surface area (Å²) >= 11 is 0.0252. The first-order chi connectivity index (χ1) is 6.31. The number of hydrogen-bond acceptors (Lipinski definition) is 0. The number of rotatable bonds is 2. The Morgan fingerprint density at radius 1 is 1.31 bits per heavy atom. The molecule has 0 aliphatic heterocycles. The molecule has 0 nitrogen and oxygen atoms in total. The van der Waals surface area contributed by atoms with Gasteiger partial charge in [-0.1, -0.05) is 0 Å². The molecule has 0 fully saturated rings. The Morgan fingerprint density at radius 2 is 2.15 bits per heavy atom. The van der Waals surface area contributed by atoms with E-state index in [1.807, 2.05) is 0 Å². The number of hydrogen-bond donors (Lipinski definition) is 0. The standard InChI is InChI=1S/C12H14Te/c1-3-9(2)11-5-4-10-6-7-13-12(10)8-11/h4-9H,3H2,1-2H3. The van der Waals surface area contributed by atoms with Crippen LogP contribution < -0.4 is 0 Å². The van der Waals surface area contributed by atoms with Crippen LogP contribution >= 0.6 is 0 Å². The third kappa shape index (κ3) is 1.82. The summed E-state index contributed by atoms with van der Waals surface area (Å²) in [7, 11) is 0. The Hall–Kier alpha value is -0.250. The third-order valence-corrected chi connectivity index (χ3v) is 5.17. The summed E-state index contributed by atoms with van der Waals surface area (Å²) in [5.41, 5.74) is 1.52. The SMILES string of the molecule is CCC(C)c1ccc2cc[te]c2c1. The fraction of sp³-hybridized carbons (Fsp3) is 0.333. The van der Waals surface area contributed by atoms with E-state index in [0.717, 1.165) is 5.92 Å². The van der Waals surface area contributed by atoms with E-state index in [2.05, 4.69) is 42.2 Å². The van der Waals surface area contributed by atoms with Gasteiger partial charge in [0.1, 0.15) is 0 Å². The molecule has 0 amide bonds. The molecule has 1 unspecified atom stereocenters. The van der Waals surface area contributed by atoms with Gasteiger partial charge in [0.05, 0.1) is 0 Å². The van der Waals surface area contributed by atoms with E-state index < -0.39 is 0 Å². The molecule has 0 saturated heterocycles. The molecule has 1 heteroatoms. The van der Waals surface area contributed by atoms with E-state index in [-0.39, 0.29) is 20.4 Å². The summed E-state index contributed by atoms with van der Waals surface area (Å²) in [6.07, 6.45) is 1.24. The van der Waals surface area contributed by atoms with Crippen molar-refractivity contribution in [3.8, 4) is 0 Å². The van der Waals surface area contributed by atoms with Crippen LogP contribution in [0, 0.1) is 0 Å². The van der Waals surface area contributed by atoms with Crippen LogP contribution in [0.25, 0.3) is 8.79 Å². The Balaban J connectivity index is 2.48. The van der Waals surface area contributed by atoms with Crippen LogP contribution in [-0.4, -0.2) is 20.4 Å². The number of benzene rings is 1. The Bertz CT molecular complexity index is 400. The van der Waals surface area contributed by atoms with Crippen molar-refractivity contribution in [1.82, 2.24) is 0 Å². The second-order valence-corrected chi connectivity index (χ2v) is 6.23. The van der Waals surface area contributed by atoms with Gasteiger partial charge >= 0.3 is 89.3 Å². The Labute approximate surface area is 89.2 Å². The quantitative estimate of drug-likeness (QED) is 0.742. The average molecular weight is 286 g/mol. The van der Waals surface area contributed by atoms with Crippen LogP contribution in [0.4, 0.5) is 0 Å². The molecular formula is C12H14Te. The molecule has 2 aromatic rings. The Kier molecular flexibility index (Phi) is 2.77. The first kappa shape index (κ1) is 9.31. The van der Waals surface area contributed by atoms with Gasteiger partial charge in [-0.25, -0.2) is 0 Å². The molecule has 1 aromatic carbocycles. The average Bonchev–Trinajstić information content (AvgIpc) is 2.63. The van der Waals surface area contributed by atoms with Crippen molar-refractivity contribution in [2.75, 3.05) is 0 Å². The Morgan fingerprint density at radius 3 is 2.92 bits per heavy atom. The van der Waals surface area contributed by atoms with Gasteiger partial charge in [0.25, 0.3) is 0 Å². The van der Waals surface area contributed by atoms with Crippen LogP contribution in [0.1, 0.15) is 31.7 Å². The molecular weight excluding hydrogens is 272 g/mol. The fourth-order valence-corrected chi connectivity index (χ4v) is 3.90. The van der Waals surface area contributed by atoms with E-state index in [4.69, 9.17) is 0 Å². The molecule has 1 aromatic heterocycles. The van der Waals surface area contributed by atoms with Crippen LogP contribution in [0.15, 0.2) is 28.3 Å². The molecule has 68 valence electrons. The van der Waals surface area contributed by atoms with Crippen LogP contribution in [0.3, 0.4) is 0 Å². The summed E-state index contributed by atoms with van der Waals surface area (Å²) in [5, 5.41) is 1.47. The van der Waals surface area contributed by atoms with Gasteiger partial charge in [-0.2, -0.15) is 0 Å². The van der Waals surface area contributed by atoms with Crippen molar-refractivity contribution in [1.29, 1.82) is 0 Å². The van der Waals surface area contributed by atoms with Crippen molar-refractivity contribution < 1.29 is 0 Å². The second kappa shape index (κ2) is 3.86. The van der Waals surface area contributed by atoms with Gasteiger partial charge in [-0.3, -0.25) is 0 Å². The van der Waals surface area contributed by atoms with Crippen molar-refractivity contribution in [3.05, 3.63) is 33.9 Å². The first-order valence-electron chi connectivity index (χ1n) is 4.78. The second-order valence-electron chi connectivity index (χ2n) is 3.53. The zero-order chi connectivity index (χ0) is 9.26. The molecule has 0 saturated carbocycles. The predicted molar refractivity (Wildman–Crippen MR) is 59.6 cm³/mol. The maximum atomic E-state index is 2.42. The topological polar surface area (TPSA) is 0 Å². The van der Waals surface area contributed by atoms with E-state index in [1.165, 1.54) is 17.4 Å². The van der Waals surface area contributed by atoms with E-state index >= 15 is 0 Å². The molecule has 13 heavy (non-hydrogen) atoms. The predicted octanol–water partition coefficient (Wildman–Crippen LogP) is 3.41. The van der Waals surface area contributed by atoms with Gasteiger partial charge in [0.15, 0.2) is 0 Å². The van der Waals surface area contributed by atoms with Crippen LogP contribution in [0.2, 0.25) is 0 Å². The zero-order valence-electron chi connectivity index (χ0n) is 8.08. The van der Waals surface area contributed by atoms with E-state index in [1.54, 1.807) is 3.40 Å². The van der Waals surface area contributed by atoms with Crippen LogP contribution in [-0.2, 0) is 0 Å². The molecule has 0 bridgehead atoms. The maximum absolute atomic E-state index is 2.42. The summed E-state index contributed by atoms with van der Waals surface area (Å²) < 4.78 is 4.00. The third-order valence-electron chi connectivity index (χ3n) is 2.66. The summed E-state index contributed by atoms with van der Waals surface area (Å²) in [5.74, 6) is 0.721. The molecule has 0 radical (unpaired) electrons. The van der Waals surface area contributed by atoms with Crippen molar-refractivity contribution in [2.24, 2.45) is 0 Å². The summed E-state index contributed by atoms with van der Waals surface area (Å²) in [6, 6.07) is 9.27. The summed E-state index contributed by atoms with van der Waals surface area (Å²) in [4.78, 5) is 0. The molecule has 1 atom stereocenters. The van der Waals surface area contributed by atoms with Gasteiger partial charge in [0, 0.05) is 0 Å². The zero-order valence-corrected chi connectivity index (χ0v) is 10.4. The van der Waals surface area contributed by atoms with E-state index in [9.17, 15) is 0 Å². The van der Waals surface area contributed by atoms with Gasteiger partial charge in [-0.15, -0.1) is 0 Å². The summed E-state index contributed by atoms with van der Waals surface area (Å²) in [6.45, 7) is 4.57. The van der Waals surface area contributed by atoms with Gasteiger partial charge in [0.2, 0.25) is 0 Å². The molecule has 0 aliphatic rings. The minimum atomic E-state index is 0.0252. The van der Waals surface area contributed by atoms with Gasteiger partial charge < -0.3 is 0 Å². The van der Waals surface area contributed by atoms with E-state index in [0.29, 0.717) is 0 Å². The number of fused-ring (bicyclic) bond motifs is 1. The molecule has 0 aliphatic carbocycles. The molecule has 0 N–H and O–H groups in total. The fourth-order valence-electron chi connectivity index (χ4n) is 1.51. The first-order valence-corrected chi connectivity index (χ1v) is 7.29. The molecule has 2 rings (SSSR count). The van der Waals surface area contributed by atoms with Crippen molar-refractivity contribution in [2.45, 2.75) is 26.2 Å². The monoisotopic (exact) mass is 288 g/mol.